The fourth-order valence-electron chi connectivity index (χ4n) is 1.72. The van der Waals surface area contributed by atoms with Crippen LogP contribution in [0.2, 0.25) is 10.0 Å². The summed E-state index contributed by atoms with van der Waals surface area (Å²) in [4.78, 5) is 12.2. The van der Waals surface area contributed by atoms with Crippen LogP contribution in [0.3, 0.4) is 0 Å². The maximum Gasteiger partial charge on any atom is 0.255 e. The number of rotatable bonds is 2. The number of hydrogen-bond acceptors (Lipinski definition) is 2. The lowest BCUT2D eigenvalue weighted by Crippen LogP contribution is -2.12. The maximum atomic E-state index is 12.2. The summed E-state index contributed by atoms with van der Waals surface area (Å²) >= 11 is 15.0. The Kier molecular flexibility index (Phi) is 4.58. The molecule has 104 valence electrons. The molecule has 2 aromatic carbocycles. The van der Waals surface area contributed by atoms with E-state index in [1.807, 2.05) is 13.0 Å². The van der Waals surface area contributed by atoms with Gasteiger partial charge in [0.05, 0.1) is 10.7 Å². The Morgan fingerprint density at radius 2 is 1.90 bits per heavy atom. The molecule has 0 saturated heterocycles. The van der Waals surface area contributed by atoms with Crippen molar-refractivity contribution in [2.24, 2.45) is 0 Å². The number of nitrogens with one attached hydrogen (secondary N) is 1. The molecule has 0 radical (unpaired) electrons. The van der Waals surface area contributed by atoms with Crippen molar-refractivity contribution in [3.8, 4) is 5.75 Å². The Morgan fingerprint density at radius 3 is 2.55 bits per heavy atom. The van der Waals surface area contributed by atoms with Crippen molar-refractivity contribution < 1.29 is 9.90 Å². The van der Waals surface area contributed by atoms with Crippen molar-refractivity contribution in [3.05, 3.63) is 56.0 Å². The summed E-state index contributed by atoms with van der Waals surface area (Å²) in [5.74, 6) is -0.570. The SMILES string of the molecule is Cc1cc(Br)cc(C(=O)Nc2cc(Cl)cc(Cl)c2O)c1. The highest BCUT2D eigenvalue weighted by Gasteiger charge is 2.13. The highest BCUT2D eigenvalue weighted by molar-refractivity contribution is 9.10. The average Bonchev–Trinajstić information content (AvgIpc) is 2.34. The van der Waals surface area contributed by atoms with E-state index in [4.69, 9.17) is 23.2 Å². The highest BCUT2D eigenvalue weighted by atomic mass is 79.9. The van der Waals surface area contributed by atoms with Gasteiger partial charge in [-0.05, 0) is 42.8 Å². The first-order valence-electron chi connectivity index (χ1n) is 5.63. The van der Waals surface area contributed by atoms with Crippen LogP contribution in [0.1, 0.15) is 15.9 Å². The first-order valence-corrected chi connectivity index (χ1v) is 7.18. The molecule has 0 aromatic heterocycles. The van der Waals surface area contributed by atoms with Gasteiger partial charge in [0.25, 0.3) is 5.91 Å². The van der Waals surface area contributed by atoms with Gasteiger partial charge in [-0.3, -0.25) is 4.79 Å². The minimum atomic E-state index is -0.358. The van der Waals surface area contributed by atoms with Gasteiger partial charge in [-0.1, -0.05) is 39.1 Å². The molecule has 3 nitrogen and oxygen atoms in total. The zero-order valence-electron chi connectivity index (χ0n) is 10.4. The second-order valence-electron chi connectivity index (χ2n) is 4.26. The molecule has 0 aliphatic heterocycles. The van der Waals surface area contributed by atoms with Crippen molar-refractivity contribution in [3.63, 3.8) is 0 Å². The van der Waals surface area contributed by atoms with E-state index in [1.165, 1.54) is 12.1 Å². The molecule has 2 N–H and O–H groups in total. The Balaban J connectivity index is 2.32. The predicted octanol–water partition coefficient (Wildman–Crippen LogP) is 5.02. The fraction of sp³-hybridized carbons (Fsp3) is 0.0714. The van der Waals surface area contributed by atoms with E-state index in [1.54, 1.807) is 12.1 Å². The zero-order chi connectivity index (χ0) is 14.9. The third-order valence-corrected chi connectivity index (χ3v) is 3.54. The van der Waals surface area contributed by atoms with Crippen molar-refractivity contribution in [2.75, 3.05) is 5.32 Å². The van der Waals surface area contributed by atoms with Gasteiger partial charge >= 0.3 is 0 Å². The Morgan fingerprint density at radius 1 is 1.20 bits per heavy atom. The summed E-state index contributed by atoms with van der Waals surface area (Å²) in [6, 6.07) is 8.15. The van der Waals surface area contributed by atoms with Crippen LogP contribution in [0.5, 0.6) is 5.75 Å². The molecule has 6 heteroatoms. The largest absolute Gasteiger partial charge is 0.504 e. The van der Waals surface area contributed by atoms with Crippen molar-refractivity contribution in [1.29, 1.82) is 0 Å². The molecule has 0 fully saturated rings. The number of amides is 1. The summed E-state index contributed by atoms with van der Waals surface area (Å²) in [7, 11) is 0. The molecule has 20 heavy (non-hydrogen) atoms. The Hall–Kier alpha value is -1.23. The lowest BCUT2D eigenvalue weighted by atomic mass is 10.1. The standard InChI is InChI=1S/C14H10BrCl2NO2/c1-7-2-8(4-9(15)3-7)14(20)18-12-6-10(16)5-11(17)13(12)19/h2-6,19H,1H3,(H,18,20). The molecule has 0 heterocycles. The molecule has 2 rings (SSSR count). The van der Waals surface area contributed by atoms with Crippen LogP contribution < -0.4 is 5.32 Å². The van der Waals surface area contributed by atoms with Gasteiger partial charge in [0.15, 0.2) is 5.75 Å². The van der Waals surface area contributed by atoms with Gasteiger partial charge < -0.3 is 10.4 Å². The summed E-state index contributed by atoms with van der Waals surface area (Å²) in [6.45, 7) is 1.88. The molecule has 0 saturated carbocycles. The van der Waals surface area contributed by atoms with E-state index in [-0.39, 0.29) is 22.4 Å². The van der Waals surface area contributed by atoms with E-state index >= 15 is 0 Å². The Labute approximate surface area is 134 Å². The molecule has 0 atom stereocenters. The third-order valence-electron chi connectivity index (χ3n) is 2.58. The van der Waals surface area contributed by atoms with Crippen LogP contribution in [0.25, 0.3) is 0 Å². The van der Waals surface area contributed by atoms with Crippen molar-refractivity contribution in [2.45, 2.75) is 6.92 Å². The van der Waals surface area contributed by atoms with Gasteiger partial charge in [0, 0.05) is 15.1 Å². The number of phenolic OH excluding ortho intramolecular Hbond substituents is 1. The first-order chi connectivity index (χ1) is 9.36. The molecule has 0 unspecified atom stereocenters. The third kappa shape index (κ3) is 3.45. The highest BCUT2D eigenvalue weighted by Crippen LogP contribution is 2.35. The zero-order valence-corrected chi connectivity index (χ0v) is 13.5. The molecule has 0 bridgehead atoms. The van der Waals surface area contributed by atoms with Crippen molar-refractivity contribution >= 4 is 50.7 Å². The minimum absolute atomic E-state index is 0.0817. The van der Waals surface area contributed by atoms with Gasteiger partial charge in [-0.2, -0.15) is 0 Å². The number of halogens is 3. The van der Waals surface area contributed by atoms with E-state index in [9.17, 15) is 9.90 Å². The molecule has 0 spiro atoms. The number of anilines is 1. The summed E-state index contributed by atoms with van der Waals surface area (Å²) in [5, 5.41) is 12.8. The molecular formula is C14H10BrCl2NO2. The van der Waals surface area contributed by atoms with Crippen LogP contribution >= 0.6 is 39.1 Å². The monoisotopic (exact) mass is 373 g/mol. The molecule has 0 aliphatic rings. The van der Waals surface area contributed by atoms with Gasteiger partial charge in [-0.15, -0.1) is 0 Å². The normalized spacial score (nSPS) is 10.4. The quantitative estimate of drug-likeness (QED) is 0.725. The Bertz CT molecular complexity index is 669. The molecule has 1 amide bonds. The van der Waals surface area contributed by atoms with Crippen LogP contribution in [0.15, 0.2) is 34.8 Å². The van der Waals surface area contributed by atoms with Crippen LogP contribution in [0.4, 0.5) is 5.69 Å². The number of phenols is 1. The predicted molar refractivity (Wildman–Crippen MR) is 85.0 cm³/mol. The van der Waals surface area contributed by atoms with E-state index in [0.717, 1.165) is 10.0 Å². The molecule has 2 aromatic rings. The van der Waals surface area contributed by atoms with Gasteiger partial charge in [0.1, 0.15) is 0 Å². The maximum absolute atomic E-state index is 12.2. The van der Waals surface area contributed by atoms with Gasteiger partial charge in [0.2, 0.25) is 0 Å². The number of benzene rings is 2. The number of carbonyl (C=O) groups is 1. The lowest BCUT2D eigenvalue weighted by molar-refractivity contribution is 0.102. The van der Waals surface area contributed by atoms with E-state index < -0.39 is 0 Å². The average molecular weight is 375 g/mol. The second-order valence-corrected chi connectivity index (χ2v) is 6.01. The minimum Gasteiger partial charge on any atom is -0.504 e. The second kappa shape index (κ2) is 6.04. The topological polar surface area (TPSA) is 49.3 Å². The van der Waals surface area contributed by atoms with E-state index in [0.29, 0.717) is 10.6 Å². The van der Waals surface area contributed by atoms with Crippen LogP contribution in [-0.2, 0) is 0 Å². The molecular weight excluding hydrogens is 365 g/mol. The molecule has 0 aliphatic carbocycles. The summed E-state index contributed by atoms with van der Waals surface area (Å²) < 4.78 is 0.802. The lowest BCUT2D eigenvalue weighted by Gasteiger charge is -2.10. The van der Waals surface area contributed by atoms with Crippen molar-refractivity contribution in [1.82, 2.24) is 0 Å². The van der Waals surface area contributed by atoms with Crippen LogP contribution in [0, 0.1) is 6.92 Å². The number of hydrogen-bond donors (Lipinski definition) is 2. The first kappa shape index (κ1) is 15.2. The van der Waals surface area contributed by atoms with Gasteiger partial charge in [-0.25, -0.2) is 0 Å². The summed E-state index contributed by atoms with van der Waals surface area (Å²) in [5.41, 5.74) is 1.58. The summed E-state index contributed by atoms with van der Waals surface area (Å²) in [6.07, 6.45) is 0. The number of aryl methyl sites for hydroxylation is 1. The fourth-order valence-corrected chi connectivity index (χ4v) is 2.82. The number of aromatic hydroxyl groups is 1. The number of carbonyl (C=O) groups excluding carboxylic acids is 1. The van der Waals surface area contributed by atoms with E-state index in [2.05, 4.69) is 21.2 Å². The van der Waals surface area contributed by atoms with Crippen LogP contribution in [-0.4, -0.2) is 11.0 Å². The smallest absolute Gasteiger partial charge is 0.255 e.